The minimum absolute atomic E-state index is 0.578. The van der Waals surface area contributed by atoms with Crippen LogP contribution in [0.1, 0.15) is 12.7 Å². The molecule has 0 bridgehead atoms. The van der Waals surface area contributed by atoms with Gasteiger partial charge < -0.3 is 15.2 Å². The van der Waals surface area contributed by atoms with Gasteiger partial charge in [0, 0.05) is 11.8 Å². The molecular formula is C7H5F9N4O4S. The molecule has 1 heterocycles. The molecule has 1 rings (SSSR count). The first kappa shape index (κ1) is 23.0. The van der Waals surface area contributed by atoms with Gasteiger partial charge >= 0.3 is 34.3 Å². The summed E-state index contributed by atoms with van der Waals surface area (Å²) in [7, 11) is -5.87. The summed E-state index contributed by atoms with van der Waals surface area (Å²) in [6.07, 6.45) is -12.5. The van der Waals surface area contributed by atoms with Crippen LogP contribution < -0.4 is 10.6 Å². The number of ether oxygens (including phenoxy) is 1. The van der Waals surface area contributed by atoms with E-state index in [0.717, 1.165) is 0 Å². The Bertz CT molecular complexity index is 700. The van der Waals surface area contributed by atoms with Crippen molar-refractivity contribution in [1.29, 1.82) is 0 Å². The van der Waals surface area contributed by atoms with Crippen molar-refractivity contribution >= 4 is 10.2 Å². The van der Waals surface area contributed by atoms with Crippen molar-refractivity contribution < 1.29 is 57.8 Å². The molecule has 8 nitrogen and oxygen atoms in total. The van der Waals surface area contributed by atoms with Gasteiger partial charge in [-0.2, -0.15) is 43.5 Å². The van der Waals surface area contributed by atoms with E-state index >= 15 is 0 Å². The Hall–Kier alpha value is -1.98. The Balaban J connectivity index is 0.00000277. The quantitative estimate of drug-likeness (QED) is 0.553. The highest BCUT2D eigenvalue weighted by Crippen LogP contribution is 2.48. The van der Waals surface area contributed by atoms with E-state index in [-0.39, 0.29) is 0 Å². The van der Waals surface area contributed by atoms with Gasteiger partial charge in [-0.3, -0.25) is 4.74 Å². The zero-order valence-corrected chi connectivity index (χ0v) is 12.2. The van der Waals surface area contributed by atoms with Gasteiger partial charge in [0.25, 0.3) is 0 Å². The van der Waals surface area contributed by atoms with Crippen molar-refractivity contribution in [3.8, 4) is 0 Å². The zero-order chi connectivity index (χ0) is 20.5. The second-order valence-corrected chi connectivity index (χ2v) is 5.20. The van der Waals surface area contributed by atoms with Crippen molar-refractivity contribution in [2.24, 2.45) is 0 Å². The number of alkyl halides is 8. The molecule has 1 aromatic heterocycles. The van der Waals surface area contributed by atoms with E-state index in [1.165, 1.54) is 0 Å². The largest absolute Gasteiger partial charge is 0.453 e. The lowest BCUT2D eigenvalue weighted by molar-refractivity contribution is -0.457. The van der Waals surface area contributed by atoms with Gasteiger partial charge in [0.15, 0.2) is 0 Å². The molecule has 146 valence electrons. The van der Waals surface area contributed by atoms with Crippen molar-refractivity contribution in [1.82, 2.24) is 15.2 Å². The third kappa shape index (κ3) is 4.77. The minimum atomic E-state index is -6.46. The Labute approximate surface area is 131 Å². The summed E-state index contributed by atoms with van der Waals surface area (Å²) in [6, 6.07) is 0. The molecule has 18 heteroatoms. The lowest BCUT2D eigenvalue weighted by Crippen LogP contribution is -2.52. The molecule has 1 aromatic rings. The Morgan fingerprint density at radius 2 is 1.44 bits per heavy atom. The first-order valence-electron chi connectivity index (χ1n) is 5.19. The summed E-state index contributed by atoms with van der Waals surface area (Å²) >= 11 is 0. The van der Waals surface area contributed by atoms with Crippen LogP contribution in [0.3, 0.4) is 0 Å². The molecule has 0 aliphatic rings. The summed E-state index contributed by atoms with van der Waals surface area (Å²) in [5, 5.41) is 2.19. The van der Waals surface area contributed by atoms with E-state index in [9.17, 15) is 47.4 Å². The lowest BCUT2D eigenvalue weighted by Gasteiger charge is -2.33. The summed E-state index contributed by atoms with van der Waals surface area (Å²) in [5.74, 6) is -13.6. The average molecular weight is 412 g/mol. The number of aromatic nitrogens is 3. The SMILES string of the molecule is CC(F)(F)C(F)(F)OC(F)(c1nnc(S(=O)(=O)F)[n-]1)C(F)(F)F.[NH2+]=O. The lowest BCUT2D eigenvalue weighted by atomic mass is 10.2. The summed E-state index contributed by atoms with van der Waals surface area (Å²) in [5.41, 5.74) is 3.25. The number of nitrogens with two attached hydrogens (primary N) is 1. The van der Waals surface area contributed by atoms with Crippen LogP contribution in [0.2, 0.25) is 0 Å². The predicted molar refractivity (Wildman–Crippen MR) is 54.4 cm³/mol. The standard InChI is InChI=1S/C7H3F9N3O3S.H2NO/c1-4(8,9)7(14,15)22-5(10,6(11,12)13)2-17-3(19-18-2)23(16,20)21;1-2/h1H3;1H2/q-1;+1. The molecule has 1 unspecified atom stereocenters. The number of nitroso groups, excluding NO2 is 1. The van der Waals surface area contributed by atoms with E-state index in [1.807, 2.05) is 0 Å². The first-order valence-corrected chi connectivity index (χ1v) is 6.58. The van der Waals surface area contributed by atoms with E-state index in [2.05, 4.69) is 25.5 Å². The molecule has 2 N–H and O–H groups in total. The molecular weight excluding hydrogens is 407 g/mol. The van der Waals surface area contributed by atoms with Gasteiger partial charge in [0.05, 0.1) is 5.82 Å². The maximum atomic E-state index is 13.8. The topological polar surface area (TPSA) is 126 Å². The maximum Gasteiger partial charge on any atom is 0.453 e. The van der Waals surface area contributed by atoms with Gasteiger partial charge in [-0.05, 0) is 5.59 Å². The van der Waals surface area contributed by atoms with Crippen LogP contribution in [0.15, 0.2) is 5.16 Å². The number of halogens is 9. The number of hydrogen-bond donors (Lipinski definition) is 1. The van der Waals surface area contributed by atoms with Crippen molar-refractivity contribution in [2.75, 3.05) is 0 Å². The Kier molecular flexibility index (Phi) is 6.20. The molecule has 0 aliphatic carbocycles. The summed E-state index contributed by atoms with van der Waals surface area (Å²) < 4.78 is 138. The highest BCUT2D eigenvalue weighted by Gasteiger charge is 2.68. The molecule has 0 amide bonds. The Morgan fingerprint density at radius 3 is 1.72 bits per heavy atom. The fraction of sp³-hybridized carbons (Fsp3) is 0.714. The van der Waals surface area contributed by atoms with Crippen LogP contribution in [0, 0.1) is 4.91 Å². The monoisotopic (exact) mass is 412 g/mol. The van der Waals surface area contributed by atoms with Crippen LogP contribution in [-0.2, 0) is 20.8 Å². The number of hydrogen-bond acceptors (Lipinski definition) is 6. The molecule has 0 radical (unpaired) electrons. The first-order chi connectivity index (χ1) is 10.9. The molecule has 0 aliphatic heterocycles. The van der Waals surface area contributed by atoms with E-state index in [1.54, 1.807) is 0 Å². The van der Waals surface area contributed by atoms with E-state index in [4.69, 9.17) is 4.91 Å². The van der Waals surface area contributed by atoms with Crippen LogP contribution in [0.25, 0.3) is 0 Å². The smallest absolute Gasteiger partial charge is 0.346 e. The normalized spacial score (nSPS) is 15.9. The van der Waals surface area contributed by atoms with Crippen molar-refractivity contribution in [3.63, 3.8) is 0 Å². The van der Waals surface area contributed by atoms with E-state index < -0.39 is 52.2 Å². The van der Waals surface area contributed by atoms with Crippen molar-refractivity contribution in [2.45, 2.75) is 36.1 Å². The second-order valence-electron chi connectivity index (χ2n) is 3.96. The summed E-state index contributed by atoms with van der Waals surface area (Å²) in [4.78, 5) is 9.85. The maximum absolute atomic E-state index is 13.8. The predicted octanol–water partition coefficient (Wildman–Crippen LogP) is 0.553. The van der Waals surface area contributed by atoms with Gasteiger partial charge in [0.2, 0.25) is 0 Å². The molecule has 0 fully saturated rings. The third-order valence-corrected chi connectivity index (χ3v) is 2.69. The highest BCUT2D eigenvalue weighted by molar-refractivity contribution is 7.86. The van der Waals surface area contributed by atoms with E-state index in [0.29, 0.717) is 0 Å². The van der Waals surface area contributed by atoms with Crippen LogP contribution in [-0.4, -0.2) is 36.8 Å². The van der Waals surface area contributed by atoms with Crippen molar-refractivity contribution in [3.05, 3.63) is 10.7 Å². The summed E-state index contributed by atoms with van der Waals surface area (Å²) in [6.45, 7) is -0.578. The third-order valence-electron chi connectivity index (χ3n) is 2.08. The zero-order valence-electron chi connectivity index (χ0n) is 11.4. The molecule has 0 saturated heterocycles. The molecule has 1 atom stereocenters. The van der Waals surface area contributed by atoms with Crippen LogP contribution in [0.5, 0.6) is 0 Å². The fourth-order valence-electron chi connectivity index (χ4n) is 0.961. The molecule has 0 spiro atoms. The van der Waals surface area contributed by atoms with Gasteiger partial charge in [-0.1, -0.05) is 3.89 Å². The number of nitrogens with zero attached hydrogens (tertiary/aromatic N) is 3. The second kappa shape index (κ2) is 6.73. The molecule has 0 saturated carbocycles. The van der Waals surface area contributed by atoms with Crippen LogP contribution >= 0.6 is 0 Å². The van der Waals surface area contributed by atoms with Gasteiger partial charge in [-0.25, -0.2) is 0 Å². The number of rotatable bonds is 5. The van der Waals surface area contributed by atoms with Gasteiger partial charge in [0.1, 0.15) is 5.16 Å². The van der Waals surface area contributed by atoms with Crippen LogP contribution in [0.4, 0.5) is 39.0 Å². The average Bonchev–Trinajstić information content (AvgIpc) is 2.87. The highest BCUT2D eigenvalue weighted by atomic mass is 32.3. The fourth-order valence-corrected chi connectivity index (χ4v) is 1.30. The molecule has 25 heavy (non-hydrogen) atoms. The minimum Gasteiger partial charge on any atom is -0.346 e. The Morgan fingerprint density at radius 1 is 1.00 bits per heavy atom. The van der Waals surface area contributed by atoms with Gasteiger partial charge in [-0.15, -0.1) is 0 Å². The molecule has 0 aromatic carbocycles.